The molecule has 2 heterocycles. The number of aromatic amines is 1. The van der Waals surface area contributed by atoms with E-state index in [1.807, 2.05) is 24.3 Å². The van der Waals surface area contributed by atoms with Crippen molar-refractivity contribution in [3.63, 3.8) is 0 Å². The van der Waals surface area contributed by atoms with Crippen molar-refractivity contribution in [1.29, 1.82) is 0 Å². The first-order valence-corrected chi connectivity index (χ1v) is 12.3. The minimum absolute atomic E-state index is 0.00135. The van der Waals surface area contributed by atoms with Gasteiger partial charge in [0.15, 0.2) is 0 Å². The van der Waals surface area contributed by atoms with E-state index in [1.165, 1.54) is 33.8 Å². The molecule has 0 atom stereocenters. The number of carbonyl (C=O) groups is 1. The molecule has 1 N–H and O–H groups in total. The van der Waals surface area contributed by atoms with E-state index in [0.29, 0.717) is 29.0 Å². The summed E-state index contributed by atoms with van der Waals surface area (Å²) < 4.78 is 33.5. The zero-order valence-electron chi connectivity index (χ0n) is 17.5. The molecule has 0 unspecified atom stereocenters. The van der Waals surface area contributed by atoms with Crippen molar-refractivity contribution in [3.8, 4) is 0 Å². The summed E-state index contributed by atoms with van der Waals surface area (Å²) in [6.45, 7) is 4.10. The monoisotopic (exact) mass is 471 g/mol. The smallest absolute Gasteiger partial charge is 0.339 e. The second-order valence-electron chi connectivity index (χ2n) is 7.00. The minimum Gasteiger partial charge on any atom is -0.455 e. The number of pyridine rings is 1. The van der Waals surface area contributed by atoms with Gasteiger partial charge >= 0.3 is 5.97 Å². The number of fused-ring (bicyclic) bond motifs is 2. The molecule has 0 aliphatic rings. The first kappa shape index (κ1) is 22.1. The first-order valence-electron chi connectivity index (χ1n) is 10.0. The molecule has 4 aromatic rings. The van der Waals surface area contributed by atoms with Crippen LogP contribution in [0.4, 0.5) is 0 Å². The number of aromatic nitrogens is 2. The molecule has 2 aromatic heterocycles. The summed E-state index contributed by atoms with van der Waals surface area (Å²) in [6.07, 6.45) is 0. The number of esters is 1. The lowest BCUT2D eigenvalue weighted by Crippen LogP contribution is -2.30. The Morgan fingerprint density at radius 2 is 1.88 bits per heavy atom. The standard InChI is InChI=1S/C22H21N3O5S2/c1-3-25(4-2)32(28,29)14-9-10-17-15(11-14)16(12-20(26)23-17)22(27)30-13-21-24-18-7-5-6-8-19(18)31-21/h5-12H,3-4,13H2,1-2H3,(H,23,26). The number of thiazole rings is 1. The highest BCUT2D eigenvalue weighted by Crippen LogP contribution is 2.25. The van der Waals surface area contributed by atoms with Crippen molar-refractivity contribution in [3.05, 3.63) is 69.5 Å². The van der Waals surface area contributed by atoms with Crippen LogP contribution >= 0.6 is 11.3 Å². The number of nitrogens with one attached hydrogen (secondary N) is 1. The predicted molar refractivity (Wildman–Crippen MR) is 123 cm³/mol. The largest absolute Gasteiger partial charge is 0.455 e. The number of H-pyrrole nitrogens is 1. The molecule has 8 nitrogen and oxygen atoms in total. The van der Waals surface area contributed by atoms with Gasteiger partial charge in [-0.15, -0.1) is 11.3 Å². The number of nitrogens with zero attached hydrogens (tertiary/aromatic N) is 2. The SMILES string of the molecule is CCN(CC)S(=O)(=O)c1ccc2[nH]c(=O)cc(C(=O)OCc3nc4ccccc4s3)c2c1. The van der Waals surface area contributed by atoms with Crippen LogP contribution in [0.3, 0.4) is 0 Å². The molecule has 166 valence electrons. The fourth-order valence-electron chi connectivity index (χ4n) is 3.46. The molecule has 2 aromatic carbocycles. The maximum absolute atomic E-state index is 12.9. The molecule has 0 aliphatic carbocycles. The quantitative estimate of drug-likeness (QED) is 0.413. The number of rotatable bonds is 7. The minimum atomic E-state index is -3.73. The predicted octanol–water partition coefficient (Wildman–Crippen LogP) is 3.53. The van der Waals surface area contributed by atoms with Crippen molar-refractivity contribution in [2.75, 3.05) is 13.1 Å². The third-order valence-electron chi connectivity index (χ3n) is 5.04. The Labute approximate surface area is 188 Å². The molecular weight excluding hydrogens is 450 g/mol. The molecule has 10 heteroatoms. The second-order valence-corrected chi connectivity index (χ2v) is 10.0. The van der Waals surface area contributed by atoms with Gasteiger partial charge < -0.3 is 9.72 Å². The molecule has 0 spiro atoms. The Morgan fingerprint density at radius 1 is 1.12 bits per heavy atom. The van der Waals surface area contributed by atoms with Crippen LogP contribution in [0.1, 0.15) is 29.2 Å². The highest BCUT2D eigenvalue weighted by Gasteiger charge is 2.23. The Balaban J connectivity index is 1.68. The molecule has 4 rings (SSSR count). The van der Waals surface area contributed by atoms with Gasteiger partial charge in [-0.3, -0.25) is 4.79 Å². The van der Waals surface area contributed by atoms with E-state index in [0.717, 1.165) is 16.3 Å². The molecule has 0 bridgehead atoms. The molecule has 32 heavy (non-hydrogen) atoms. The molecule has 0 fully saturated rings. The van der Waals surface area contributed by atoms with E-state index in [1.54, 1.807) is 13.8 Å². The van der Waals surface area contributed by atoms with Crippen LogP contribution in [0, 0.1) is 0 Å². The summed E-state index contributed by atoms with van der Waals surface area (Å²) in [6, 6.07) is 13.0. The summed E-state index contributed by atoms with van der Waals surface area (Å²) in [5, 5.41) is 0.922. The molecular formula is C22H21N3O5S2. The zero-order valence-corrected chi connectivity index (χ0v) is 19.1. The van der Waals surface area contributed by atoms with Gasteiger partial charge in [0.2, 0.25) is 15.6 Å². The van der Waals surface area contributed by atoms with Crippen LogP contribution in [0.5, 0.6) is 0 Å². The van der Waals surface area contributed by atoms with E-state index in [4.69, 9.17) is 4.74 Å². The Morgan fingerprint density at radius 3 is 2.59 bits per heavy atom. The summed E-state index contributed by atoms with van der Waals surface area (Å²) in [5.41, 5.74) is 0.685. The molecule has 0 saturated heterocycles. The average Bonchev–Trinajstić information content (AvgIpc) is 3.20. The molecule has 0 aliphatic heterocycles. The van der Waals surface area contributed by atoms with Crippen molar-refractivity contribution in [1.82, 2.24) is 14.3 Å². The van der Waals surface area contributed by atoms with Crippen LogP contribution in [-0.2, 0) is 21.4 Å². The Bertz CT molecular complexity index is 1440. The van der Waals surface area contributed by atoms with E-state index in [9.17, 15) is 18.0 Å². The Hall–Kier alpha value is -3.08. The zero-order chi connectivity index (χ0) is 22.9. The number of ether oxygens (including phenoxy) is 1. The van der Waals surface area contributed by atoms with Gasteiger partial charge in [-0.05, 0) is 30.3 Å². The summed E-state index contributed by atoms with van der Waals surface area (Å²) in [5.74, 6) is -0.724. The van der Waals surface area contributed by atoms with E-state index >= 15 is 0 Å². The van der Waals surface area contributed by atoms with E-state index < -0.39 is 21.6 Å². The van der Waals surface area contributed by atoms with Crippen LogP contribution in [0.15, 0.2) is 58.2 Å². The summed E-state index contributed by atoms with van der Waals surface area (Å²) in [7, 11) is -3.73. The van der Waals surface area contributed by atoms with Crippen LogP contribution in [0.25, 0.3) is 21.1 Å². The lowest BCUT2D eigenvalue weighted by atomic mass is 10.1. The third-order valence-corrected chi connectivity index (χ3v) is 8.10. The molecule has 0 amide bonds. The van der Waals surface area contributed by atoms with E-state index in [-0.39, 0.29) is 17.1 Å². The van der Waals surface area contributed by atoms with Gasteiger partial charge in [-0.1, -0.05) is 26.0 Å². The number of hydrogen-bond acceptors (Lipinski definition) is 7. The van der Waals surface area contributed by atoms with Crippen molar-refractivity contribution in [2.24, 2.45) is 0 Å². The molecule has 0 radical (unpaired) electrons. The normalized spacial score (nSPS) is 12.0. The molecule has 0 saturated carbocycles. The van der Waals surface area contributed by atoms with Gasteiger partial charge in [0.1, 0.15) is 11.6 Å². The lowest BCUT2D eigenvalue weighted by molar-refractivity contribution is 0.0474. The van der Waals surface area contributed by atoms with Gasteiger partial charge in [-0.2, -0.15) is 4.31 Å². The maximum Gasteiger partial charge on any atom is 0.339 e. The van der Waals surface area contributed by atoms with Crippen LogP contribution in [0.2, 0.25) is 0 Å². The number of carbonyl (C=O) groups excluding carboxylic acids is 1. The first-order chi connectivity index (χ1) is 15.3. The van der Waals surface area contributed by atoms with Crippen molar-refractivity contribution < 1.29 is 17.9 Å². The van der Waals surface area contributed by atoms with Crippen molar-refractivity contribution in [2.45, 2.75) is 25.3 Å². The highest BCUT2D eigenvalue weighted by molar-refractivity contribution is 7.89. The van der Waals surface area contributed by atoms with Gasteiger partial charge in [0.05, 0.1) is 20.7 Å². The lowest BCUT2D eigenvalue weighted by Gasteiger charge is -2.18. The second kappa shape index (κ2) is 8.81. The van der Waals surface area contributed by atoms with Crippen LogP contribution in [-0.4, -0.2) is 41.7 Å². The number of hydrogen-bond donors (Lipinski definition) is 1. The highest BCUT2D eigenvalue weighted by atomic mass is 32.2. The van der Waals surface area contributed by atoms with Crippen molar-refractivity contribution >= 4 is 48.4 Å². The number of benzene rings is 2. The third kappa shape index (κ3) is 4.16. The van der Waals surface area contributed by atoms with Gasteiger partial charge in [0.25, 0.3) is 0 Å². The number of sulfonamides is 1. The summed E-state index contributed by atoms with van der Waals surface area (Å²) in [4.78, 5) is 32.0. The summed E-state index contributed by atoms with van der Waals surface area (Å²) >= 11 is 1.41. The fourth-order valence-corrected chi connectivity index (χ4v) is 5.83. The van der Waals surface area contributed by atoms with Gasteiger partial charge in [-0.25, -0.2) is 18.2 Å². The van der Waals surface area contributed by atoms with Gasteiger partial charge in [0, 0.05) is 30.1 Å². The topological polar surface area (TPSA) is 109 Å². The maximum atomic E-state index is 12.9. The number of para-hydroxylation sites is 1. The van der Waals surface area contributed by atoms with E-state index in [2.05, 4.69) is 9.97 Å². The fraction of sp³-hybridized carbons (Fsp3) is 0.227. The Kier molecular flexibility index (Phi) is 6.09. The van der Waals surface area contributed by atoms with Crippen LogP contribution < -0.4 is 5.56 Å². The average molecular weight is 472 g/mol.